The van der Waals surface area contributed by atoms with Gasteiger partial charge in [0.2, 0.25) is 5.91 Å². The molecule has 1 aliphatic carbocycles. The predicted molar refractivity (Wildman–Crippen MR) is 185 cm³/mol. The number of amides is 1. The second-order valence-electron chi connectivity index (χ2n) is 13.1. The summed E-state index contributed by atoms with van der Waals surface area (Å²) < 4.78 is 57.5. The lowest BCUT2D eigenvalue weighted by molar-refractivity contribution is -0.131. The lowest BCUT2D eigenvalue weighted by atomic mass is 9.91. The quantitative estimate of drug-likeness (QED) is 0.181. The second-order valence-corrected chi connectivity index (χ2v) is 14.0. The third kappa shape index (κ3) is 5.01. The van der Waals surface area contributed by atoms with Gasteiger partial charge in [0.05, 0.1) is 45.9 Å². The molecule has 0 bridgehead atoms. The van der Waals surface area contributed by atoms with Gasteiger partial charge in [-0.15, -0.1) is 11.3 Å². The first-order chi connectivity index (χ1) is 23.9. The van der Waals surface area contributed by atoms with Gasteiger partial charge in [0.15, 0.2) is 0 Å². The Hall–Kier alpha value is -5.01. The highest BCUT2D eigenvalue weighted by Crippen LogP contribution is 2.49. The van der Waals surface area contributed by atoms with Gasteiger partial charge in [0, 0.05) is 71.0 Å². The van der Waals surface area contributed by atoms with Crippen LogP contribution in [0.1, 0.15) is 44.1 Å². The van der Waals surface area contributed by atoms with Gasteiger partial charge >= 0.3 is 0 Å². The lowest BCUT2D eigenvalue weighted by Gasteiger charge is -2.38. The number of nitrogens with zero attached hydrogens (tertiary/aromatic N) is 6. The number of pyridine rings is 1. The van der Waals surface area contributed by atoms with Crippen molar-refractivity contribution in [3.63, 3.8) is 0 Å². The van der Waals surface area contributed by atoms with Gasteiger partial charge in [-0.25, -0.2) is 18.2 Å². The van der Waals surface area contributed by atoms with Crippen LogP contribution in [0.5, 0.6) is 5.75 Å². The summed E-state index contributed by atoms with van der Waals surface area (Å²) in [6, 6.07) is 8.73. The summed E-state index contributed by atoms with van der Waals surface area (Å²) in [4.78, 5) is 19.7. The maximum absolute atomic E-state index is 16.3. The highest BCUT2D eigenvalue weighted by atomic mass is 32.1. The van der Waals surface area contributed by atoms with Gasteiger partial charge in [0.1, 0.15) is 40.7 Å². The molecule has 256 valence electrons. The van der Waals surface area contributed by atoms with E-state index < -0.39 is 35.7 Å². The number of ether oxygens (including phenoxy) is 1. The van der Waals surface area contributed by atoms with E-state index in [1.165, 1.54) is 11.5 Å². The molecule has 1 N–H and O–H groups in total. The molecule has 50 heavy (non-hydrogen) atoms. The van der Waals surface area contributed by atoms with Crippen LogP contribution < -0.4 is 4.74 Å². The minimum atomic E-state index is -0.957. The van der Waals surface area contributed by atoms with Crippen molar-refractivity contribution < 1.29 is 27.8 Å². The Balaban J connectivity index is 1.42. The number of hydrogen-bond acceptors (Lipinski definition) is 7. The second kappa shape index (κ2) is 11.8. The number of aliphatic hydroxyl groups excluding tert-OH is 1. The normalized spacial score (nSPS) is 20.3. The van der Waals surface area contributed by atoms with Crippen molar-refractivity contribution in [1.82, 2.24) is 29.4 Å². The molecule has 13 heteroatoms. The van der Waals surface area contributed by atoms with Gasteiger partial charge in [-0.1, -0.05) is 18.7 Å². The summed E-state index contributed by atoms with van der Waals surface area (Å²) in [5.41, 5.74) is 3.93. The van der Waals surface area contributed by atoms with Crippen molar-refractivity contribution in [2.45, 2.75) is 64.4 Å². The standard InChI is InChI=1S/C37H33F3N6O3S/c1-6-31(48)46-17(2)15-45-29(19(46)4)14-28(43-45)36-34(32-25(39)10-21(38)11-30(32)49-23-12-22(47)13-23)33-26(40)16-50-37(33)35(41-36)20-7-8-24-18(3)44(5)42-27(24)9-20/h6-11,14,16-17,19,22-23,47H,1,12-13,15H2,2-5H3/t17-,19+,22?,23?/m1/s1. The zero-order valence-corrected chi connectivity index (χ0v) is 28.6. The van der Waals surface area contributed by atoms with Crippen LogP contribution in [0.15, 0.2) is 54.4 Å². The number of fused-ring (bicyclic) bond motifs is 3. The molecule has 0 unspecified atom stereocenters. The molecule has 2 aliphatic rings. The van der Waals surface area contributed by atoms with E-state index in [4.69, 9.17) is 14.8 Å². The van der Waals surface area contributed by atoms with Crippen molar-refractivity contribution in [1.29, 1.82) is 0 Å². The highest BCUT2D eigenvalue weighted by Gasteiger charge is 2.36. The van der Waals surface area contributed by atoms with Crippen LogP contribution in [0.25, 0.3) is 54.8 Å². The topological polar surface area (TPSA) is 98.3 Å². The zero-order valence-electron chi connectivity index (χ0n) is 27.7. The van der Waals surface area contributed by atoms with Gasteiger partial charge in [-0.2, -0.15) is 10.2 Å². The summed E-state index contributed by atoms with van der Waals surface area (Å²) in [5.74, 6) is -2.77. The first-order valence-corrected chi connectivity index (χ1v) is 17.2. The Morgan fingerprint density at radius 2 is 1.84 bits per heavy atom. The molecule has 0 spiro atoms. The molecule has 1 saturated carbocycles. The van der Waals surface area contributed by atoms with Crippen LogP contribution in [-0.2, 0) is 18.4 Å². The fourth-order valence-corrected chi connectivity index (χ4v) is 8.22. The molecule has 4 aromatic heterocycles. The Morgan fingerprint density at radius 3 is 2.58 bits per heavy atom. The number of aromatic nitrogens is 5. The molecular weight excluding hydrogens is 666 g/mol. The van der Waals surface area contributed by atoms with E-state index in [0.29, 0.717) is 46.7 Å². The molecule has 5 heterocycles. The number of aryl methyl sites for hydroxylation is 2. The van der Waals surface area contributed by atoms with Crippen LogP contribution in [0, 0.1) is 24.4 Å². The third-order valence-electron chi connectivity index (χ3n) is 9.95. The maximum Gasteiger partial charge on any atom is 0.246 e. The number of thiophene rings is 1. The van der Waals surface area contributed by atoms with Gasteiger partial charge < -0.3 is 14.7 Å². The largest absolute Gasteiger partial charge is 0.489 e. The van der Waals surface area contributed by atoms with E-state index in [0.717, 1.165) is 40.1 Å². The van der Waals surface area contributed by atoms with Crippen LogP contribution in [0.3, 0.4) is 0 Å². The van der Waals surface area contributed by atoms with E-state index in [1.54, 1.807) is 20.3 Å². The maximum atomic E-state index is 16.3. The number of halogens is 3. The number of carbonyl (C=O) groups excluding carboxylic acids is 1. The van der Waals surface area contributed by atoms with E-state index in [2.05, 4.69) is 11.7 Å². The van der Waals surface area contributed by atoms with E-state index in [-0.39, 0.29) is 39.9 Å². The third-order valence-corrected chi connectivity index (χ3v) is 10.9. The molecule has 9 nitrogen and oxygen atoms in total. The first-order valence-electron chi connectivity index (χ1n) is 16.3. The van der Waals surface area contributed by atoms with Crippen molar-refractivity contribution in [2.24, 2.45) is 7.05 Å². The summed E-state index contributed by atoms with van der Waals surface area (Å²) in [6.07, 6.45) is 0.812. The minimum absolute atomic E-state index is 0.0693. The number of carbonyl (C=O) groups is 1. The molecular formula is C37H33F3N6O3S. The van der Waals surface area contributed by atoms with Crippen molar-refractivity contribution in [3.05, 3.63) is 83.3 Å². The van der Waals surface area contributed by atoms with Crippen molar-refractivity contribution >= 4 is 38.2 Å². The Bertz CT molecular complexity index is 2380. The van der Waals surface area contributed by atoms with Crippen LogP contribution >= 0.6 is 11.3 Å². The number of benzene rings is 2. The first kappa shape index (κ1) is 32.2. The number of rotatable bonds is 6. The fraction of sp³-hybridized carbons (Fsp3) is 0.297. The molecule has 6 aromatic rings. The predicted octanol–water partition coefficient (Wildman–Crippen LogP) is 7.49. The smallest absolute Gasteiger partial charge is 0.246 e. The van der Waals surface area contributed by atoms with E-state index in [9.17, 15) is 14.3 Å². The zero-order chi connectivity index (χ0) is 35.2. The van der Waals surface area contributed by atoms with Gasteiger partial charge in [-0.3, -0.25) is 14.2 Å². The van der Waals surface area contributed by atoms with Crippen LogP contribution in [-0.4, -0.2) is 58.7 Å². The van der Waals surface area contributed by atoms with Crippen LogP contribution in [0.4, 0.5) is 13.2 Å². The van der Waals surface area contributed by atoms with Crippen molar-refractivity contribution in [2.75, 3.05) is 0 Å². The Kier molecular flexibility index (Phi) is 7.60. The lowest BCUT2D eigenvalue weighted by Crippen LogP contribution is -2.46. The average Bonchev–Trinajstić information content (AvgIpc) is 3.74. The SMILES string of the molecule is C=CC(=O)N1[C@H](C)Cn2nc(-c3nc(-c4ccc5c(C)n(C)nc5c4)c4scc(F)c4c3-c3c(F)cc(F)cc3OC3CC(O)C3)cc2[C@@H]1C. The summed E-state index contributed by atoms with van der Waals surface area (Å²) in [6.45, 7) is 9.81. The molecule has 0 radical (unpaired) electrons. The monoisotopic (exact) mass is 698 g/mol. The molecule has 8 rings (SSSR count). The Labute approximate surface area is 289 Å². The fourth-order valence-electron chi connectivity index (χ4n) is 7.29. The minimum Gasteiger partial charge on any atom is -0.489 e. The molecule has 1 amide bonds. The van der Waals surface area contributed by atoms with Crippen LogP contribution in [0.2, 0.25) is 0 Å². The summed E-state index contributed by atoms with van der Waals surface area (Å²) in [7, 11) is 1.86. The Morgan fingerprint density at radius 1 is 1.06 bits per heavy atom. The van der Waals surface area contributed by atoms with Gasteiger partial charge in [0.25, 0.3) is 0 Å². The summed E-state index contributed by atoms with van der Waals surface area (Å²) in [5, 5.41) is 21.9. The van der Waals surface area contributed by atoms with Crippen molar-refractivity contribution in [3.8, 4) is 39.5 Å². The highest BCUT2D eigenvalue weighted by molar-refractivity contribution is 7.17. The van der Waals surface area contributed by atoms with Gasteiger partial charge in [-0.05, 0) is 39.0 Å². The average molecular weight is 699 g/mol. The van der Waals surface area contributed by atoms with E-state index >= 15 is 8.78 Å². The summed E-state index contributed by atoms with van der Waals surface area (Å²) >= 11 is 1.13. The molecule has 2 atom stereocenters. The number of hydrogen-bond donors (Lipinski definition) is 1. The molecule has 0 saturated heterocycles. The molecule has 1 aliphatic heterocycles. The number of aliphatic hydroxyl groups is 1. The molecule has 1 fully saturated rings. The molecule has 2 aromatic carbocycles. The van der Waals surface area contributed by atoms with E-state index in [1.807, 2.05) is 46.0 Å².